The van der Waals surface area contributed by atoms with Crippen molar-refractivity contribution in [3.63, 3.8) is 0 Å². The van der Waals surface area contributed by atoms with E-state index in [1.54, 1.807) is 0 Å². The molecule has 60 valence electrons. The van der Waals surface area contributed by atoms with Crippen molar-refractivity contribution in [3.05, 3.63) is 23.4 Å². The van der Waals surface area contributed by atoms with E-state index in [9.17, 15) is 4.79 Å². The van der Waals surface area contributed by atoms with Crippen LogP contribution in [0, 0.1) is 0 Å². The lowest BCUT2D eigenvalue weighted by Crippen LogP contribution is -2.45. The van der Waals surface area contributed by atoms with Gasteiger partial charge in [0.2, 0.25) is 5.00 Å². The molecule has 0 amide bonds. The van der Waals surface area contributed by atoms with E-state index >= 15 is 0 Å². The van der Waals surface area contributed by atoms with E-state index in [4.69, 9.17) is 28.3 Å². The van der Waals surface area contributed by atoms with E-state index in [-0.39, 0.29) is 5.16 Å². The molecule has 1 unspecified atom stereocenters. The highest BCUT2D eigenvalue weighted by Gasteiger charge is 2.34. The van der Waals surface area contributed by atoms with Crippen molar-refractivity contribution in [2.45, 2.75) is 5.00 Å². The monoisotopic (exact) mass is 193 g/mol. The number of aliphatic carboxylic acids is 1. The van der Waals surface area contributed by atoms with Crippen LogP contribution in [0.5, 0.6) is 0 Å². The Labute approximate surface area is 73.3 Å². The smallest absolute Gasteiger partial charge is 0.349 e. The number of carboxylic acids is 1. The molecule has 0 aromatic heterocycles. The summed E-state index contributed by atoms with van der Waals surface area (Å²) in [7, 11) is 0. The van der Waals surface area contributed by atoms with Gasteiger partial charge in [0.05, 0.1) is 0 Å². The Morgan fingerprint density at radius 3 is 2.73 bits per heavy atom. The van der Waals surface area contributed by atoms with Crippen LogP contribution in [0.15, 0.2) is 23.4 Å². The van der Waals surface area contributed by atoms with Crippen molar-refractivity contribution in [2.75, 3.05) is 0 Å². The number of alkyl halides is 1. The third kappa shape index (κ3) is 1.67. The molecular formula is C6H5Cl2NO2. The van der Waals surface area contributed by atoms with Gasteiger partial charge in [0.25, 0.3) is 0 Å². The molecular weight excluding hydrogens is 189 g/mol. The maximum atomic E-state index is 10.5. The Bertz CT molecular complexity index is 249. The van der Waals surface area contributed by atoms with Gasteiger partial charge in [-0.2, -0.15) is 0 Å². The molecule has 3 nitrogen and oxygen atoms in total. The summed E-state index contributed by atoms with van der Waals surface area (Å²) < 4.78 is 0. The second kappa shape index (κ2) is 2.75. The van der Waals surface area contributed by atoms with Crippen LogP contribution in [0.3, 0.4) is 0 Å². The highest BCUT2D eigenvalue weighted by molar-refractivity contribution is 6.37. The first-order valence-corrected chi connectivity index (χ1v) is 3.56. The SMILES string of the molecule is O=C(O)C1(Cl)C=CC=C(Cl)N1. The van der Waals surface area contributed by atoms with Gasteiger partial charge in [-0.05, 0) is 12.2 Å². The molecule has 1 atom stereocenters. The molecule has 0 spiro atoms. The largest absolute Gasteiger partial charge is 0.478 e. The number of allylic oxidation sites excluding steroid dienone is 2. The van der Waals surface area contributed by atoms with Crippen molar-refractivity contribution >= 4 is 29.2 Å². The van der Waals surface area contributed by atoms with E-state index in [0.29, 0.717) is 0 Å². The van der Waals surface area contributed by atoms with Gasteiger partial charge < -0.3 is 10.4 Å². The van der Waals surface area contributed by atoms with E-state index in [1.165, 1.54) is 18.2 Å². The number of carbonyl (C=O) groups is 1. The van der Waals surface area contributed by atoms with Crippen molar-refractivity contribution in [3.8, 4) is 0 Å². The second-order valence-corrected chi connectivity index (χ2v) is 3.02. The minimum Gasteiger partial charge on any atom is -0.478 e. The topological polar surface area (TPSA) is 49.3 Å². The first-order chi connectivity index (χ1) is 5.04. The molecule has 1 heterocycles. The summed E-state index contributed by atoms with van der Waals surface area (Å²) in [6, 6.07) is 0. The van der Waals surface area contributed by atoms with Crippen LogP contribution >= 0.6 is 23.2 Å². The summed E-state index contributed by atoms with van der Waals surface area (Å²) in [5.41, 5.74) is 0. The van der Waals surface area contributed by atoms with Crippen LogP contribution < -0.4 is 5.32 Å². The van der Waals surface area contributed by atoms with Crippen LogP contribution in [0.25, 0.3) is 0 Å². The zero-order chi connectivity index (χ0) is 8.48. The van der Waals surface area contributed by atoms with Gasteiger partial charge in [-0.15, -0.1) is 0 Å². The fourth-order valence-corrected chi connectivity index (χ4v) is 1.09. The van der Waals surface area contributed by atoms with Gasteiger partial charge in [-0.1, -0.05) is 29.3 Å². The molecule has 5 heteroatoms. The number of nitrogens with one attached hydrogen (secondary N) is 1. The fourth-order valence-electron chi connectivity index (χ4n) is 0.647. The molecule has 0 aromatic carbocycles. The Hall–Kier alpha value is -0.670. The first kappa shape index (κ1) is 8.43. The molecule has 0 fully saturated rings. The normalized spacial score (nSPS) is 29.1. The van der Waals surface area contributed by atoms with E-state index in [1.807, 2.05) is 0 Å². The molecule has 11 heavy (non-hydrogen) atoms. The van der Waals surface area contributed by atoms with E-state index in [0.717, 1.165) is 0 Å². The minimum atomic E-state index is -1.59. The highest BCUT2D eigenvalue weighted by Crippen LogP contribution is 2.20. The third-order valence-electron chi connectivity index (χ3n) is 1.18. The summed E-state index contributed by atoms with van der Waals surface area (Å²) in [6.07, 6.45) is 4.31. The highest BCUT2D eigenvalue weighted by atomic mass is 35.5. The van der Waals surface area contributed by atoms with Crippen LogP contribution in [-0.2, 0) is 4.79 Å². The first-order valence-electron chi connectivity index (χ1n) is 2.80. The maximum Gasteiger partial charge on any atom is 0.349 e. The standard InChI is InChI=1S/C6H5Cl2NO2/c7-4-2-1-3-6(8,9-4)5(10)11/h1-3,9H,(H,10,11). The van der Waals surface area contributed by atoms with E-state index in [2.05, 4.69) is 5.32 Å². The number of rotatable bonds is 1. The van der Waals surface area contributed by atoms with Gasteiger partial charge in [-0.25, -0.2) is 4.79 Å². The molecule has 0 bridgehead atoms. The average molecular weight is 194 g/mol. The van der Waals surface area contributed by atoms with Gasteiger partial charge in [0.15, 0.2) is 0 Å². The predicted molar refractivity (Wildman–Crippen MR) is 42.4 cm³/mol. The molecule has 0 saturated carbocycles. The van der Waals surface area contributed by atoms with Crippen LogP contribution in [0.1, 0.15) is 0 Å². The van der Waals surface area contributed by atoms with Gasteiger partial charge in [0.1, 0.15) is 5.16 Å². The average Bonchev–Trinajstić information content (AvgIpc) is 1.86. The number of hydrogen-bond acceptors (Lipinski definition) is 2. The molecule has 0 saturated heterocycles. The fraction of sp³-hybridized carbons (Fsp3) is 0.167. The summed E-state index contributed by atoms with van der Waals surface area (Å²) in [6.45, 7) is 0. The summed E-state index contributed by atoms with van der Waals surface area (Å²) in [5, 5.41) is 11.2. The summed E-state index contributed by atoms with van der Waals surface area (Å²) in [5.74, 6) is -1.18. The van der Waals surface area contributed by atoms with Gasteiger partial charge in [-0.3, -0.25) is 0 Å². The number of dihydropyridines is 1. The van der Waals surface area contributed by atoms with Crippen molar-refractivity contribution < 1.29 is 9.90 Å². The second-order valence-electron chi connectivity index (χ2n) is 2.02. The Morgan fingerprint density at radius 1 is 1.73 bits per heavy atom. The molecule has 0 aromatic rings. The van der Waals surface area contributed by atoms with Gasteiger partial charge >= 0.3 is 5.97 Å². The predicted octanol–water partition coefficient (Wildman–Crippen LogP) is 1.25. The minimum absolute atomic E-state index is 0.213. The lowest BCUT2D eigenvalue weighted by Gasteiger charge is -2.22. The quantitative estimate of drug-likeness (QED) is 0.487. The number of carboxylic acid groups (broad SMARTS) is 1. The Morgan fingerprint density at radius 2 is 2.36 bits per heavy atom. The molecule has 1 aliphatic rings. The number of hydrogen-bond donors (Lipinski definition) is 2. The van der Waals surface area contributed by atoms with Crippen molar-refractivity contribution in [2.24, 2.45) is 0 Å². The van der Waals surface area contributed by atoms with Crippen LogP contribution in [0.2, 0.25) is 0 Å². The molecule has 0 aliphatic carbocycles. The zero-order valence-corrected chi connectivity index (χ0v) is 6.86. The van der Waals surface area contributed by atoms with E-state index < -0.39 is 11.0 Å². The molecule has 1 rings (SSSR count). The molecule has 1 aliphatic heterocycles. The lowest BCUT2D eigenvalue weighted by atomic mass is 10.2. The van der Waals surface area contributed by atoms with Crippen LogP contribution in [0.4, 0.5) is 0 Å². The zero-order valence-electron chi connectivity index (χ0n) is 5.34. The summed E-state index contributed by atoms with van der Waals surface area (Å²) in [4.78, 5) is 8.90. The lowest BCUT2D eigenvalue weighted by molar-refractivity contribution is -0.139. The van der Waals surface area contributed by atoms with Crippen LogP contribution in [-0.4, -0.2) is 16.1 Å². The summed E-state index contributed by atoms with van der Waals surface area (Å²) >= 11 is 11.1. The Kier molecular flexibility index (Phi) is 2.11. The van der Waals surface area contributed by atoms with Crippen molar-refractivity contribution in [1.82, 2.24) is 5.32 Å². The third-order valence-corrected chi connectivity index (χ3v) is 1.78. The Balaban J connectivity index is 2.86. The van der Waals surface area contributed by atoms with Crippen molar-refractivity contribution in [1.29, 1.82) is 0 Å². The molecule has 2 N–H and O–H groups in total. The van der Waals surface area contributed by atoms with Gasteiger partial charge in [0, 0.05) is 0 Å². The number of halogens is 2. The maximum absolute atomic E-state index is 10.5. The molecule has 0 radical (unpaired) electrons.